The highest BCUT2D eigenvalue weighted by molar-refractivity contribution is 7.91. The van der Waals surface area contributed by atoms with E-state index in [0.29, 0.717) is 12.2 Å². The van der Waals surface area contributed by atoms with Gasteiger partial charge < -0.3 is 14.9 Å². The second-order valence-corrected chi connectivity index (χ2v) is 6.19. The average Bonchev–Trinajstić information content (AvgIpc) is 2.81. The van der Waals surface area contributed by atoms with Crippen molar-refractivity contribution in [1.29, 1.82) is 0 Å². The third kappa shape index (κ3) is 3.04. The van der Waals surface area contributed by atoms with Gasteiger partial charge >= 0.3 is 5.97 Å². The van der Waals surface area contributed by atoms with E-state index in [9.17, 15) is 13.2 Å². The molecule has 2 heterocycles. The summed E-state index contributed by atoms with van der Waals surface area (Å²) in [6, 6.07) is 1.22. The van der Waals surface area contributed by atoms with Crippen molar-refractivity contribution in [3.8, 4) is 0 Å². The van der Waals surface area contributed by atoms with Gasteiger partial charge in [-0.25, -0.2) is 13.2 Å². The van der Waals surface area contributed by atoms with Crippen molar-refractivity contribution >= 4 is 15.8 Å². The fraction of sp³-hybridized carbons (Fsp3) is 0.556. The van der Waals surface area contributed by atoms with Crippen LogP contribution in [0.3, 0.4) is 0 Å². The van der Waals surface area contributed by atoms with Crippen LogP contribution in [-0.4, -0.2) is 42.2 Å². The third-order valence-corrected chi connectivity index (χ3v) is 4.34. The van der Waals surface area contributed by atoms with Gasteiger partial charge in [-0.3, -0.25) is 0 Å². The first-order valence-corrected chi connectivity index (χ1v) is 6.91. The third-order valence-electron chi connectivity index (χ3n) is 2.58. The number of hydrogen-bond donors (Lipinski definition) is 2. The van der Waals surface area contributed by atoms with Crippen LogP contribution >= 0.6 is 0 Å². The quantitative estimate of drug-likeness (QED) is 0.761. The maximum atomic E-state index is 11.2. The molecule has 0 bridgehead atoms. The van der Waals surface area contributed by atoms with Crippen LogP contribution in [0.15, 0.2) is 10.6 Å². The monoisotopic (exact) mass is 260 g/mol. The van der Waals surface area contributed by atoms with E-state index in [1.54, 1.807) is 0 Å². The summed E-state index contributed by atoms with van der Waals surface area (Å²) >= 11 is 0. The van der Waals surface area contributed by atoms with E-state index >= 15 is 0 Å². The zero-order valence-electron chi connectivity index (χ0n) is 8.92. The lowest BCUT2D eigenvalue weighted by molar-refractivity contribution is 0.0685. The number of nitrogens with zero attached hydrogens (tertiary/aromatic N) is 1. The molecule has 2 rings (SSSR count). The molecular formula is C9H12N2O5S. The second-order valence-electron chi connectivity index (χ2n) is 3.96. The number of carbonyl (C=O) groups is 1. The molecule has 0 aliphatic carbocycles. The molecule has 0 saturated carbocycles. The molecule has 1 aromatic rings. The van der Waals surface area contributed by atoms with Crippen molar-refractivity contribution in [1.82, 2.24) is 10.5 Å². The van der Waals surface area contributed by atoms with Crippen LogP contribution < -0.4 is 5.32 Å². The van der Waals surface area contributed by atoms with Crippen LogP contribution in [0.2, 0.25) is 0 Å². The predicted octanol–water partition coefficient (Wildman–Crippen LogP) is -0.350. The molecule has 1 aliphatic rings. The summed E-state index contributed by atoms with van der Waals surface area (Å²) < 4.78 is 27.2. The van der Waals surface area contributed by atoms with E-state index < -0.39 is 15.8 Å². The van der Waals surface area contributed by atoms with Crippen LogP contribution in [0.1, 0.15) is 22.7 Å². The highest BCUT2D eigenvalue weighted by atomic mass is 32.2. The molecule has 1 aromatic heterocycles. The summed E-state index contributed by atoms with van der Waals surface area (Å²) in [6.07, 6.45) is 0.572. The fourth-order valence-corrected chi connectivity index (χ4v) is 3.41. The minimum atomic E-state index is -2.91. The largest absolute Gasteiger partial charge is 0.476 e. The molecule has 1 saturated heterocycles. The Kier molecular flexibility index (Phi) is 3.16. The lowest BCUT2D eigenvalue weighted by Crippen LogP contribution is -2.29. The lowest BCUT2D eigenvalue weighted by atomic mass is 10.2. The number of sulfone groups is 1. The Balaban J connectivity index is 1.88. The fourth-order valence-electron chi connectivity index (χ4n) is 1.70. The van der Waals surface area contributed by atoms with Crippen molar-refractivity contribution in [2.45, 2.75) is 19.0 Å². The van der Waals surface area contributed by atoms with Crippen molar-refractivity contribution in [3.05, 3.63) is 17.5 Å². The molecule has 7 nitrogen and oxygen atoms in total. The Labute approximate surface area is 97.7 Å². The highest BCUT2D eigenvalue weighted by Gasteiger charge is 2.27. The van der Waals surface area contributed by atoms with Gasteiger partial charge in [0, 0.05) is 12.1 Å². The summed E-state index contributed by atoms with van der Waals surface area (Å²) in [5.41, 5.74) is -0.152. The number of aromatic nitrogens is 1. The molecule has 1 unspecified atom stereocenters. The minimum Gasteiger partial charge on any atom is -0.476 e. The SMILES string of the molecule is O=C(O)c1cc(CNC2CCS(=O)(=O)C2)on1. The number of hydrogen-bond acceptors (Lipinski definition) is 6. The Morgan fingerprint density at radius 2 is 2.41 bits per heavy atom. The Bertz CT molecular complexity index is 521. The Morgan fingerprint density at radius 3 is 2.94 bits per heavy atom. The van der Waals surface area contributed by atoms with E-state index in [4.69, 9.17) is 9.63 Å². The standard InChI is InChI=1S/C9H12N2O5S/c12-9(13)8-3-7(16-11-8)4-10-6-1-2-17(14,15)5-6/h3,6,10H,1-2,4-5H2,(H,12,13). The average molecular weight is 260 g/mol. The molecule has 0 radical (unpaired) electrons. The van der Waals surface area contributed by atoms with Crippen LogP contribution in [0.5, 0.6) is 0 Å². The van der Waals surface area contributed by atoms with Crippen LogP contribution in [0.25, 0.3) is 0 Å². The number of carboxylic acids is 1. The summed E-state index contributed by atoms with van der Waals surface area (Å²) in [5.74, 6) is -0.455. The molecule has 0 aromatic carbocycles. The summed E-state index contributed by atoms with van der Waals surface area (Å²) in [4.78, 5) is 10.5. The van der Waals surface area contributed by atoms with Gasteiger partial charge in [0.25, 0.3) is 0 Å². The molecule has 17 heavy (non-hydrogen) atoms. The van der Waals surface area contributed by atoms with Crippen LogP contribution in [0.4, 0.5) is 0 Å². The van der Waals surface area contributed by atoms with Gasteiger partial charge in [-0.1, -0.05) is 5.16 Å². The summed E-state index contributed by atoms with van der Waals surface area (Å²) in [6.45, 7) is 0.278. The van der Waals surface area contributed by atoms with Crippen molar-refractivity contribution in [2.75, 3.05) is 11.5 Å². The first-order chi connectivity index (χ1) is 7.96. The van der Waals surface area contributed by atoms with E-state index in [0.717, 1.165) is 0 Å². The summed E-state index contributed by atoms with van der Waals surface area (Å²) in [5, 5.41) is 15.0. The van der Waals surface area contributed by atoms with Gasteiger partial charge in [-0.2, -0.15) is 0 Å². The maximum Gasteiger partial charge on any atom is 0.358 e. The maximum absolute atomic E-state index is 11.2. The summed E-state index contributed by atoms with van der Waals surface area (Å²) in [7, 11) is -2.91. The van der Waals surface area contributed by atoms with Crippen molar-refractivity contribution in [3.63, 3.8) is 0 Å². The molecule has 2 N–H and O–H groups in total. The number of nitrogens with one attached hydrogen (secondary N) is 1. The lowest BCUT2D eigenvalue weighted by Gasteiger charge is -2.07. The minimum absolute atomic E-state index is 0.0987. The van der Waals surface area contributed by atoms with Gasteiger partial charge in [0.15, 0.2) is 21.3 Å². The first kappa shape index (κ1) is 12.1. The van der Waals surface area contributed by atoms with Crippen LogP contribution in [-0.2, 0) is 16.4 Å². The van der Waals surface area contributed by atoms with Gasteiger partial charge in [-0.05, 0) is 6.42 Å². The topological polar surface area (TPSA) is 110 Å². The zero-order chi connectivity index (χ0) is 12.5. The first-order valence-electron chi connectivity index (χ1n) is 5.09. The Hall–Kier alpha value is -1.41. The number of rotatable bonds is 4. The zero-order valence-corrected chi connectivity index (χ0v) is 9.74. The van der Waals surface area contributed by atoms with Crippen LogP contribution in [0, 0.1) is 0 Å². The van der Waals surface area contributed by atoms with E-state index in [1.165, 1.54) is 6.07 Å². The molecule has 0 spiro atoms. The van der Waals surface area contributed by atoms with E-state index in [1.807, 2.05) is 0 Å². The van der Waals surface area contributed by atoms with Gasteiger partial charge in [0.05, 0.1) is 18.1 Å². The van der Waals surface area contributed by atoms with Crippen molar-refractivity contribution in [2.24, 2.45) is 0 Å². The normalized spacial score (nSPS) is 22.7. The highest BCUT2D eigenvalue weighted by Crippen LogP contribution is 2.12. The Morgan fingerprint density at radius 1 is 1.65 bits per heavy atom. The van der Waals surface area contributed by atoms with E-state index in [2.05, 4.69) is 10.5 Å². The molecule has 94 valence electrons. The molecule has 1 aliphatic heterocycles. The predicted molar refractivity (Wildman–Crippen MR) is 57.4 cm³/mol. The molecule has 0 amide bonds. The molecule has 1 fully saturated rings. The van der Waals surface area contributed by atoms with Crippen molar-refractivity contribution < 1.29 is 22.8 Å². The molecular weight excluding hydrogens is 248 g/mol. The number of aromatic carboxylic acids is 1. The number of carboxylic acid groups (broad SMARTS) is 1. The smallest absolute Gasteiger partial charge is 0.358 e. The van der Waals surface area contributed by atoms with Gasteiger partial charge in [0.2, 0.25) is 0 Å². The second kappa shape index (κ2) is 4.46. The van der Waals surface area contributed by atoms with E-state index in [-0.39, 0.29) is 29.8 Å². The molecule has 8 heteroatoms. The van der Waals surface area contributed by atoms with Gasteiger partial charge in [0.1, 0.15) is 0 Å². The van der Waals surface area contributed by atoms with Gasteiger partial charge in [-0.15, -0.1) is 0 Å². The molecule has 1 atom stereocenters.